The number of ether oxygens (including phenoxy) is 1. The molecule has 0 aliphatic rings. The van der Waals surface area contributed by atoms with Crippen LogP contribution in [0, 0.1) is 0 Å². The highest BCUT2D eigenvalue weighted by Crippen LogP contribution is 2.33. The molecule has 1 amide bonds. The number of methoxy groups -OCH3 is 1. The number of aryl methyl sites for hydroxylation is 1. The minimum atomic E-state index is -0.0702. The van der Waals surface area contributed by atoms with Gasteiger partial charge in [-0.3, -0.25) is 4.79 Å². The lowest BCUT2D eigenvalue weighted by Gasteiger charge is -2.10. The SMILES string of the molecule is CCCc1c(C(=O)Nc2ccccc2OC)sc2ccccc12. The Kier molecular flexibility index (Phi) is 4.63. The summed E-state index contributed by atoms with van der Waals surface area (Å²) in [5.74, 6) is 0.596. The van der Waals surface area contributed by atoms with E-state index in [-0.39, 0.29) is 5.91 Å². The Morgan fingerprint density at radius 2 is 1.87 bits per heavy atom. The Hall–Kier alpha value is -2.33. The van der Waals surface area contributed by atoms with Gasteiger partial charge in [0.25, 0.3) is 5.91 Å². The van der Waals surface area contributed by atoms with Gasteiger partial charge in [0.15, 0.2) is 0 Å². The predicted molar refractivity (Wildman–Crippen MR) is 96.8 cm³/mol. The lowest BCUT2D eigenvalue weighted by Crippen LogP contribution is -2.13. The highest BCUT2D eigenvalue weighted by molar-refractivity contribution is 7.21. The molecule has 0 bridgehead atoms. The van der Waals surface area contributed by atoms with Crippen LogP contribution in [-0.4, -0.2) is 13.0 Å². The third kappa shape index (κ3) is 3.08. The average molecular weight is 325 g/mol. The first kappa shape index (κ1) is 15.6. The van der Waals surface area contributed by atoms with Crippen molar-refractivity contribution in [1.82, 2.24) is 0 Å². The first-order valence-electron chi connectivity index (χ1n) is 7.69. The van der Waals surface area contributed by atoms with Gasteiger partial charge in [-0.1, -0.05) is 43.7 Å². The van der Waals surface area contributed by atoms with Crippen LogP contribution in [-0.2, 0) is 6.42 Å². The number of fused-ring (bicyclic) bond motifs is 1. The van der Waals surface area contributed by atoms with E-state index in [2.05, 4.69) is 24.4 Å². The Bertz CT molecular complexity index is 838. The molecule has 2 aromatic carbocycles. The number of carbonyl (C=O) groups excluding carboxylic acids is 1. The minimum Gasteiger partial charge on any atom is -0.495 e. The molecular weight excluding hydrogens is 306 g/mol. The number of amides is 1. The Balaban J connectivity index is 1.99. The first-order valence-corrected chi connectivity index (χ1v) is 8.51. The van der Waals surface area contributed by atoms with Crippen molar-refractivity contribution < 1.29 is 9.53 Å². The summed E-state index contributed by atoms with van der Waals surface area (Å²) in [6, 6.07) is 15.7. The van der Waals surface area contributed by atoms with E-state index in [1.54, 1.807) is 18.4 Å². The van der Waals surface area contributed by atoms with Crippen LogP contribution in [0.3, 0.4) is 0 Å². The molecule has 3 nitrogen and oxygen atoms in total. The fraction of sp³-hybridized carbons (Fsp3) is 0.211. The van der Waals surface area contributed by atoms with Gasteiger partial charge < -0.3 is 10.1 Å². The van der Waals surface area contributed by atoms with Crippen LogP contribution in [0.25, 0.3) is 10.1 Å². The molecule has 0 unspecified atom stereocenters. The molecule has 3 rings (SSSR count). The average Bonchev–Trinajstić information content (AvgIpc) is 2.95. The van der Waals surface area contributed by atoms with Gasteiger partial charge in [0.2, 0.25) is 0 Å². The van der Waals surface area contributed by atoms with Crippen LogP contribution in [0.4, 0.5) is 5.69 Å². The Morgan fingerprint density at radius 3 is 2.65 bits per heavy atom. The number of hydrogen-bond acceptors (Lipinski definition) is 3. The molecule has 118 valence electrons. The normalized spacial score (nSPS) is 10.7. The predicted octanol–water partition coefficient (Wildman–Crippen LogP) is 5.11. The summed E-state index contributed by atoms with van der Waals surface area (Å²) in [4.78, 5) is 13.6. The highest BCUT2D eigenvalue weighted by atomic mass is 32.1. The molecule has 0 radical (unpaired) electrons. The summed E-state index contributed by atoms with van der Waals surface area (Å²) >= 11 is 1.55. The van der Waals surface area contributed by atoms with Crippen molar-refractivity contribution in [2.45, 2.75) is 19.8 Å². The van der Waals surface area contributed by atoms with Gasteiger partial charge in [0.05, 0.1) is 17.7 Å². The number of rotatable bonds is 5. The van der Waals surface area contributed by atoms with Crippen molar-refractivity contribution in [3.63, 3.8) is 0 Å². The molecule has 0 fully saturated rings. The molecule has 1 aromatic heterocycles. The van der Waals surface area contributed by atoms with Crippen LogP contribution in [0.1, 0.15) is 28.6 Å². The summed E-state index contributed by atoms with van der Waals surface area (Å²) in [5.41, 5.74) is 1.83. The number of thiophene rings is 1. The lowest BCUT2D eigenvalue weighted by molar-refractivity contribution is 0.102. The Morgan fingerprint density at radius 1 is 1.13 bits per heavy atom. The van der Waals surface area contributed by atoms with Crippen LogP contribution in [0.5, 0.6) is 5.75 Å². The molecule has 1 heterocycles. The zero-order chi connectivity index (χ0) is 16.2. The second-order valence-electron chi connectivity index (χ2n) is 5.31. The fourth-order valence-electron chi connectivity index (χ4n) is 2.71. The third-order valence-corrected chi connectivity index (χ3v) is 4.97. The van der Waals surface area contributed by atoms with Gasteiger partial charge in [-0.25, -0.2) is 0 Å². The van der Waals surface area contributed by atoms with Crippen molar-refractivity contribution in [2.75, 3.05) is 12.4 Å². The molecule has 0 aliphatic heterocycles. The molecule has 0 saturated heterocycles. The number of para-hydroxylation sites is 2. The zero-order valence-corrected chi connectivity index (χ0v) is 14.1. The minimum absolute atomic E-state index is 0.0702. The standard InChI is InChI=1S/C19H19NO2S/c1-3-8-14-13-9-4-7-12-17(13)23-18(14)19(21)20-15-10-5-6-11-16(15)22-2/h4-7,9-12H,3,8H2,1-2H3,(H,20,21). The summed E-state index contributed by atoms with van der Waals surface area (Å²) in [7, 11) is 1.60. The second kappa shape index (κ2) is 6.84. The maximum Gasteiger partial charge on any atom is 0.266 e. The molecule has 3 aromatic rings. The zero-order valence-electron chi connectivity index (χ0n) is 13.3. The van der Waals surface area contributed by atoms with Crippen molar-refractivity contribution in [1.29, 1.82) is 0 Å². The van der Waals surface area contributed by atoms with E-state index in [0.29, 0.717) is 11.4 Å². The van der Waals surface area contributed by atoms with Gasteiger partial charge in [-0.05, 0) is 35.6 Å². The quantitative estimate of drug-likeness (QED) is 0.707. The van der Waals surface area contributed by atoms with Crippen molar-refractivity contribution in [3.8, 4) is 5.75 Å². The van der Waals surface area contributed by atoms with Crippen molar-refractivity contribution >= 4 is 33.0 Å². The van der Waals surface area contributed by atoms with Gasteiger partial charge >= 0.3 is 0 Å². The number of hydrogen-bond donors (Lipinski definition) is 1. The molecule has 4 heteroatoms. The van der Waals surface area contributed by atoms with E-state index < -0.39 is 0 Å². The highest BCUT2D eigenvalue weighted by Gasteiger charge is 2.18. The number of nitrogens with one attached hydrogen (secondary N) is 1. The molecule has 0 spiro atoms. The van der Waals surface area contributed by atoms with Crippen LogP contribution in [0.15, 0.2) is 48.5 Å². The number of anilines is 1. The van der Waals surface area contributed by atoms with E-state index in [4.69, 9.17) is 4.74 Å². The monoisotopic (exact) mass is 325 g/mol. The summed E-state index contributed by atoms with van der Waals surface area (Å²) in [5, 5.41) is 4.17. The topological polar surface area (TPSA) is 38.3 Å². The van der Waals surface area contributed by atoms with Crippen molar-refractivity contribution in [2.24, 2.45) is 0 Å². The maximum atomic E-state index is 12.8. The van der Waals surface area contributed by atoms with Crippen LogP contribution in [0.2, 0.25) is 0 Å². The Labute approximate surface area is 139 Å². The van der Waals surface area contributed by atoms with E-state index in [1.807, 2.05) is 36.4 Å². The largest absolute Gasteiger partial charge is 0.495 e. The lowest BCUT2D eigenvalue weighted by atomic mass is 10.1. The summed E-state index contributed by atoms with van der Waals surface area (Å²) in [6.45, 7) is 2.13. The van der Waals surface area contributed by atoms with E-state index in [9.17, 15) is 4.79 Å². The molecule has 1 N–H and O–H groups in total. The van der Waals surface area contributed by atoms with Gasteiger partial charge in [-0.15, -0.1) is 11.3 Å². The maximum absolute atomic E-state index is 12.8. The smallest absolute Gasteiger partial charge is 0.266 e. The summed E-state index contributed by atoms with van der Waals surface area (Å²) in [6.07, 6.45) is 1.91. The third-order valence-electron chi connectivity index (χ3n) is 3.76. The number of carbonyl (C=O) groups is 1. The van der Waals surface area contributed by atoms with E-state index in [0.717, 1.165) is 28.0 Å². The second-order valence-corrected chi connectivity index (χ2v) is 6.36. The molecular formula is C19H19NO2S. The van der Waals surface area contributed by atoms with Gasteiger partial charge in [-0.2, -0.15) is 0 Å². The van der Waals surface area contributed by atoms with Crippen LogP contribution >= 0.6 is 11.3 Å². The van der Waals surface area contributed by atoms with Gasteiger partial charge in [0.1, 0.15) is 5.75 Å². The van der Waals surface area contributed by atoms with Gasteiger partial charge in [0, 0.05) is 4.70 Å². The molecule has 0 saturated carbocycles. The number of benzene rings is 2. The van der Waals surface area contributed by atoms with E-state index >= 15 is 0 Å². The molecule has 23 heavy (non-hydrogen) atoms. The molecule has 0 aliphatic carbocycles. The van der Waals surface area contributed by atoms with E-state index in [1.165, 1.54) is 5.39 Å². The van der Waals surface area contributed by atoms with Crippen molar-refractivity contribution in [3.05, 3.63) is 59.0 Å². The fourth-order valence-corrected chi connectivity index (χ4v) is 3.85. The van der Waals surface area contributed by atoms with Crippen LogP contribution < -0.4 is 10.1 Å². The summed E-state index contributed by atoms with van der Waals surface area (Å²) < 4.78 is 6.46. The first-order chi connectivity index (χ1) is 11.2. The molecule has 0 atom stereocenters.